The molecule has 160 valence electrons. The monoisotopic (exact) mass is 413 g/mol. The SMILES string of the molecule is Cc1ccc(-c2cc(C(=O)N[C@H](C)c3cnc(C)nc3)cc(C3CCCCC3)c2)cc1. The molecule has 1 amide bonds. The molecule has 1 atom stereocenters. The van der Waals surface area contributed by atoms with Gasteiger partial charge in [-0.05, 0) is 68.4 Å². The van der Waals surface area contributed by atoms with E-state index in [9.17, 15) is 4.79 Å². The third-order valence-electron chi connectivity index (χ3n) is 6.33. The maximum Gasteiger partial charge on any atom is 0.251 e. The van der Waals surface area contributed by atoms with E-state index in [0.717, 1.165) is 28.1 Å². The van der Waals surface area contributed by atoms with Crippen molar-refractivity contribution in [3.63, 3.8) is 0 Å². The van der Waals surface area contributed by atoms with Crippen LogP contribution in [0.5, 0.6) is 0 Å². The summed E-state index contributed by atoms with van der Waals surface area (Å²) in [5, 5.41) is 3.13. The number of aromatic nitrogens is 2. The molecule has 31 heavy (non-hydrogen) atoms. The average Bonchev–Trinajstić information content (AvgIpc) is 2.80. The third kappa shape index (κ3) is 5.19. The topological polar surface area (TPSA) is 54.9 Å². The molecule has 1 saturated carbocycles. The van der Waals surface area contributed by atoms with E-state index in [2.05, 4.69) is 58.6 Å². The number of hydrogen-bond acceptors (Lipinski definition) is 3. The Morgan fingerprint density at radius 3 is 2.29 bits per heavy atom. The maximum atomic E-state index is 13.2. The third-order valence-corrected chi connectivity index (χ3v) is 6.33. The fourth-order valence-corrected chi connectivity index (χ4v) is 4.36. The molecule has 0 saturated heterocycles. The van der Waals surface area contributed by atoms with E-state index in [4.69, 9.17) is 0 Å². The first-order valence-corrected chi connectivity index (χ1v) is 11.3. The second-order valence-corrected chi connectivity index (χ2v) is 8.80. The van der Waals surface area contributed by atoms with Gasteiger partial charge in [-0.1, -0.05) is 55.2 Å². The molecule has 4 nitrogen and oxygen atoms in total. The predicted molar refractivity (Wildman–Crippen MR) is 125 cm³/mol. The molecule has 1 aliphatic rings. The minimum atomic E-state index is -0.158. The van der Waals surface area contributed by atoms with Crippen molar-refractivity contribution < 1.29 is 4.79 Å². The van der Waals surface area contributed by atoms with Crippen molar-refractivity contribution in [3.8, 4) is 11.1 Å². The normalized spacial score (nSPS) is 15.5. The minimum absolute atomic E-state index is 0.0564. The lowest BCUT2D eigenvalue weighted by Gasteiger charge is -2.23. The molecule has 2 aromatic carbocycles. The van der Waals surface area contributed by atoms with Gasteiger partial charge >= 0.3 is 0 Å². The highest BCUT2D eigenvalue weighted by Gasteiger charge is 2.20. The molecule has 1 aromatic heterocycles. The van der Waals surface area contributed by atoms with E-state index in [1.807, 2.05) is 19.9 Å². The first-order chi connectivity index (χ1) is 15.0. The lowest BCUT2D eigenvalue weighted by atomic mass is 9.82. The Kier molecular flexibility index (Phi) is 6.45. The molecule has 4 rings (SSSR count). The summed E-state index contributed by atoms with van der Waals surface area (Å²) < 4.78 is 0. The summed E-state index contributed by atoms with van der Waals surface area (Å²) in [6, 6.07) is 14.8. The van der Waals surface area contributed by atoms with E-state index in [0.29, 0.717) is 5.92 Å². The fraction of sp³-hybridized carbons (Fsp3) is 0.370. The second kappa shape index (κ2) is 9.42. The molecule has 0 bridgehead atoms. The van der Waals surface area contributed by atoms with Crippen molar-refractivity contribution in [2.75, 3.05) is 0 Å². The van der Waals surface area contributed by atoms with Crippen molar-refractivity contribution >= 4 is 5.91 Å². The number of carbonyl (C=O) groups excluding carboxylic acids is 1. The Labute approximate surface area is 185 Å². The van der Waals surface area contributed by atoms with Crippen LogP contribution < -0.4 is 5.32 Å². The zero-order valence-electron chi connectivity index (χ0n) is 18.7. The Hall–Kier alpha value is -3.01. The fourth-order valence-electron chi connectivity index (χ4n) is 4.36. The van der Waals surface area contributed by atoms with Crippen molar-refractivity contribution in [2.24, 2.45) is 0 Å². The van der Waals surface area contributed by atoms with Gasteiger partial charge in [-0.3, -0.25) is 4.79 Å². The molecule has 1 N–H and O–H groups in total. The number of nitrogens with one attached hydrogen (secondary N) is 1. The number of carbonyl (C=O) groups is 1. The minimum Gasteiger partial charge on any atom is -0.345 e. The van der Waals surface area contributed by atoms with Crippen molar-refractivity contribution in [2.45, 2.75) is 64.8 Å². The zero-order chi connectivity index (χ0) is 21.8. The Bertz CT molecular complexity index is 1040. The van der Waals surface area contributed by atoms with Crippen LogP contribution in [-0.4, -0.2) is 15.9 Å². The molecular formula is C27H31N3O. The summed E-state index contributed by atoms with van der Waals surface area (Å²) in [7, 11) is 0. The van der Waals surface area contributed by atoms with E-state index < -0.39 is 0 Å². The van der Waals surface area contributed by atoms with Gasteiger partial charge < -0.3 is 5.32 Å². The molecule has 1 aliphatic carbocycles. The maximum absolute atomic E-state index is 13.2. The Morgan fingerprint density at radius 2 is 1.61 bits per heavy atom. The van der Waals surface area contributed by atoms with Gasteiger partial charge in [-0.2, -0.15) is 0 Å². The van der Waals surface area contributed by atoms with Gasteiger partial charge in [0.1, 0.15) is 5.82 Å². The highest BCUT2D eigenvalue weighted by molar-refractivity contribution is 5.96. The zero-order valence-corrected chi connectivity index (χ0v) is 18.7. The van der Waals surface area contributed by atoms with E-state index in [-0.39, 0.29) is 11.9 Å². The van der Waals surface area contributed by atoms with Crippen LogP contribution in [0.3, 0.4) is 0 Å². The number of benzene rings is 2. The Balaban J connectivity index is 1.64. The smallest absolute Gasteiger partial charge is 0.251 e. The van der Waals surface area contributed by atoms with Crippen LogP contribution in [0.25, 0.3) is 11.1 Å². The first kappa shape index (κ1) is 21.2. The summed E-state index contributed by atoms with van der Waals surface area (Å²) in [6.45, 7) is 5.92. The van der Waals surface area contributed by atoms with E-state index in [1.165, 1.54) is 43.2 Å². The number of aryl methyl sites for hydroxylation is 2. The average molecular weight is 414 g/mol. The van der Waals surface area contributed by atoms with Gasteiger partial charge in [-0.15, -0.1) is 0 Å². The molecular weight excluding hydrogens is 382 g/mol. The lowest BCUT2D eigenvalue weighted by Crippen LogP contribution is -2.27. The predicted octanol–water partition coefficient (Wildman–Crippen LogP) is 6.30. The van der Waals surface area contributed by atoms with Crippen LogP contribution >= 0.6 is 0 Å². The Morgan fingerprint density at radius 1 is 0.935 bits per heavy atom. The standard InChI is InChI=1S/C27H31N3O/c1-18-9-11-22(12-10-18)24-13-23(21-7-5-4-6-8-21)14-25(15-24)27(31)30-19(2)26-16-28-20(3)29-17-26/h9-17,19,21H,4-8H2,1-3H3,(H,30,31)/t19-/m1/s1. The number of hydrogen-bond donors (Lipinski definition) is 1. The van der Waals surface area contributed by atoms with Crippen LogP contribution in [0.2, 0.25) is 0 Å². The molecule has 0 aliphatic heterocycles. The van der Waals surface area contributed by atoms with Gasteiger partial charge in [0.15, 0.2) is 0 Å². The molecule has 3 aromatic rings. The van der Waals surface area contributed by atoms with Crippen LogP contribution in [0.1, 0.15) is 83.9 Å². The van der Waals surface area contributed by atoms with E-state index >= 15 is 0 Å². The van der Waals surface area contributed by atoms with Crippen molar-refractivity contribution in [1.82, 2.24) is 15.3 Å². The number of rotatable bonds is 5. The lowest BCUT2D eigenvalue weighted by molar-refractivity contribution is 0.0939. The largest absolute Gasteiger partial charge is 0.345 e. The number of nitrogens with zero attached hydrogens (tertiary/aromatic N) is 2. The molecule has 1 fully saturated rings. The summed E-state index contributed by atoms with van der Waals surface area (Å²) in [6.07, 6.45) is 9.83. The van der Waals surface area contributed by atoms with Gasteiger partial charge in [0.25, 0.3) is 5.91 Å². The van der Waals surface area contributed by atoms with Gasteiger partial charge in [0.2, 0.25) is 0 Å². The van der Waals surface area contributed by atoms with Crippen molar-refractivity contribution in [1.29, 1.82) is 0 Å². The van der Waals surface area contributed by atoms with Gasteiger partial charge in [0.05, 0.1) is 6.04 Å². The van der Waals surface area contributed by atoms with E-state index in [1.54, 1.807) is 12.4 Å². The second-order valence-electron chi connectivity index (χ2n) is 8.80. The van der Waals surface area contributed by atoms with Crippen LogP contribution in [0.15, 0.2) is 54.9 Å². The first-order valence-electron chi connectivity index (χ1n) is 11.3. The summed E-state index contributed by atoms with van der Waals surface area (Å²) in [5.74, 6) is 1.21. The molecule has 4 heteroatoms. The summed E-state index contributed by atoms with van der Waals surface area (Å²) in [4.78, 5) is 21.7. The molecule has 0 spiro atoms. The van der Waals surface area contributed by atoms with Crippen LogP contribution in [-0.2, 0) is 0 Å². The highest BCUT2D eigenvalue weighted by Crippen LogP contribution is 2.35. The van der Waals surface area contributed by atoms with Crippen LogP contribution in [0, 0.1) is 13.8 Å². The van der Waals surface area contributed by atoms with Gasteiger partial charge in [0, 0.05) is 23.5 Å². The molecule has 0 radical (unpaired) electrons. The van der Waals surface area contributed by atoms with Gasteiger partial charge in [-0.25, -0.2) is 9.97 Å². The van der Waals surface area contributed by atoms with Crippen molar-refractivity contribution in [3.05, 3.63) is 82.9 Å². The number of amides is 1. The highest BCUT2D eigenvalue weighted by atomic mass is 16.1. The quantitative estimate of drug-likeness (QED) is 0.534. The van der Waals surface area contributed by atoms with Crippen LogP contribution in [0.4, 0.5) is 0 Å². The molecule has 0 unspecified atom stereocenters. The summed E-state index contributed by atoms with van der Waals surface area (Å²) in [5.41, 5.74) is 6.41. The summed E-state index contributed by atoms with van der Waals surface area (Å²) >= 11 is 0. The molecule has 1 heterocycles.